The summed E-state index contributed by atoms with van der Waals surface area (Å²) in [6.07, 6.45) is 0. The van der Waals surface area contributed by atoms with E-state index in [1.807, 2.05) is 88.9 Å². The average Bonchev–Trinajstić information content (AvgIpc) is 4.01. The molecule has 9 aromatic rings. The van der Waals surface area contributed by atoms with Crippen LogP contribution in [0.15, 0.2) is 170 Å². The number of nitrogens with zero attached hydrogens (tertiary/aromatic N) is 8. The van der Waals surface area contributed by atoms with Crippen molar-refractivity contribution in [3.05, 3.63) is 170 Å². The van der Waals surface area contributed by atoms with Gasteiger partial charge in [0.15, 0.2) is 0 Å². The van der Waals surface area contributed by atoms with Gasteiger partial charge in [-0.05, 0) is 48.5 Å². The molecule has 0 saturated heterocycles. The molecule has 57 heavy (non-hydrogen) atoms. The average molecular weight is 744 g/mol. The molecule has 0 atom stereocenters. The number of nitrogens with one attached hydrogen (secondary N) is 1. The maximum Gasteiger partial charge on any atom is 0.256 e. The van der Waals surface area contributed by atoms with E-state index in [0.29, 0.717) is 11.9 Å². The Balaban J connectivity index is 1.32. The molecule has 278 valence electrons. The number of hydrogen-bond acceptors (Lipinski definition) is 6. The summed E-state index contributed by atoms with van der Waals surface area (Å²) in [6, 6.07) is 58.2. The van der Waals surface area contributed by atoms with Gasteiger partial charge >= 0.3 is 0 Å². The normalized spacial score (nSPS) is 11.2. The van der Waals surface area contributed by atoms with Crippen LogP contribution >= 0.6 is 0 Å². The molecule has 0 aliphatic heterocycles. The van der Waals surface area contributed by atoms with Gasteiger partial charge in [0.05, 0.1) is 22.8 Å². The molecule has 0 aliphatic carbocycles. The summed E-state index contributed by atoms with van der Waals surface area (Å²) in [5.41, 5.74) is 11.5. The van der Waals surface area contributed by atoms with Crippen LogP contribution in [0.2, 0.25) is 0 Å². The number of rotatable bonds is 10. The summed E-state index contributed by atoms with van der Waals surface area (Å²) < 4.78 is 4.17. The quantitative estimate of drug-likeness (QED) is 0.150. The predicted molar refractivity (Wildman–Crippen MR) is 232 cm³/mol. The van der Waals surface area contributed by atoms with Crippen LogP contribution in [0, 0.1) is 0 Å². The maximum atomic E-state index is 5.39. The zero-order valence-electron chi connectivity index (χ0n) is 32.2. The first-order valence-corrected chi connectivity index (χ1v) is 18.9. The standard InChI is InChI=1S/C48H41N9/c1-54(2)39-29-25-37(26-30-39)45-49-41(33-17-9-5-10-18-33)43(35-21-13-7-14-22-35)56(45)47-51-48(53-52-47)57-44(36-23-15-8-16-24-36)42(34-19-11-6-12-20-34)50-46(57)38-27-31-40(32-28-38)55(3)4/h5-32H,1-4H3,(H,51,52,53). The highest BCUT2D eigenvalue weighted by molar-refractivity contribution is 5.85. The highest BCUT2D eigenvalue weighted by Gasteiger charge is 2.28. The van der Waals surface area contributed by atoms with Crippen LogP contribution in [-0.2, 0) is 0 Å². The molecule has 3 aromatic heterocycles. The Morgan fingerprint density at radius 3 is 1.16 bits per heavy atom. The number of aromatic amines is 1. The number of imidazole rings is 2. The molecule has 0 bridgehead atoms. The van der Waals surface area contributed by atoms with Crippen molar-refractivity contribution < 1.29 is 0 Å². The van der Waals surface area contributed by atoms with Gasteiger partial charge in [0.2, 0.25) is 5.95 Å². The van der Waals surface area contributed by atoms with E-state index in [0.717, 1.165) is 79.2 Å². The lowest BCUT2D eigenvalue weighted by Crippen LogP contribution is -2.08. The Morgan fingerprint density at radius 2 is 0.754 bits per heavy atom. The first-order valence-electron chi connectivity index (χ1n) is 18.9. The molecule has 0 aliphatic rings. The monoisotopic (exact) mass is 743 g/mol. The Morgan fingerprint density at radius 1 is 0.386 bits per heavy atom. The van der Waals surface area contributed by atoms with Crippen LogP contribution in [0.5, 0.6) is 0 Å². The van der Waals surface area contributed by atoms with Crippen molar-refractivity contribution in [1.29, 1.82) is 0 Å². The van der Waals surface area contributed by atoms with Gasteiger partial charge in [0.1, 0.15) is 11.6 Å². The second kappa shape index (κ2) is 15.0. The maximum absolute atomic E-state index is 5.39. The van der Waals surface area contributed by atoms with Gasteiger partial charge in [-0.25, -0.2) is 15.1 Å². The third-order valence-electron chi connectivity index (χ3n) is 10.1. The van der Waals surface area contributed by atoms with Crippen molar-refractivity contribution in [2.45, 2.75) is 0 Å². The Hall–Kier alpha value is -7.52. The zero-order valence-corrected chi connectivity index (χ0v) is 32.2. The minimum atomic E-state index is 0.452. The molecule has 0 spiro atoms. The van der Waals surface area contributed by atoms with E-state index in [-0.39, 0.29) is 0 Å². The number of aromatic nitrogens is 7. The van der Waals surface area contributed by atoms with E-state index in [1.165, 1.54) is 0 Å². The van der Waals surface area contributed by atoms with Crippen molar-refractivity contribution in [3.63, 3.8) is 0 Å². The lowest BCUT2D eigenvalue weighted by Gasteiger charge is -2.14. The second-order valence-electron chi connectivity index (χ2n) is 14.2. The van der Waals surface area contributed by atoms with Gasteiger partial charge in [0.25, 0.3) is 5.95 Å². The Labute approximate surface area is 332 Å². The number of anilines is 2. The van der Waals surface area contributed by atoms with Crippen molar-refractivity contribution in [2.24, 2.45) is 0 Å². The summed E-state index contributed by atoms with van der Waals surface area (Å²) in [4.78, 5) is 20.3. The summed E-state index contributed by atoms with van der Waals surface area (Å²) in [7, 11) is 8.17. The van der Waals surface area contributed by atoms with E-state index in [2.05, 4.69) is 133 Å². The summed E-state index contributed by atoms with van der Waals surface area (Å²) in [6.45, 7) is 0. The van der Waals surface area contributed by atoms with Crippen LogP contribution in [0.1, 0.15) is 0 Å². The molecule has 6 aromatic carbocycles. The highest BCUT2D eigenvalue weighted by Crippen LogP contribution is 2.41. The number of hydrogen-bond donors (Lipinski definition) is 1. The van der Waals surface area contributed by atoms with Crippen molar-refractivity contribution in [1.82, 2.24) is 34.3 Å². The van der Waals surface area contributed by atoms with E-state index in [1.54, 1.807) is 0 Å². The molecule has 0 unspecified atom stereocenters. The second-order valence-corrected chi connectivity index (χ2v) is 14.2. The van der Waals surface area contributed by atoms with Crippen molar-refractivity contribution in [3.8, 4) is 79.7 Å². The van der Waals surface area contributed by atoms with Crippen LogP contribution in [0.3, 0.4) is 0 Å². The Bertz CT molecular complexity index is 2560. The molecule has 3 heterocycles. The summed E-state index contributed by atoms with van der Waals surface area (Å²) >= 11 is 0. The van der Waals surface area contributed by atoms with Gasteiger partial charge in [-0.2, -0.15) is 4.98 Å². The molecular formula is C48H41N9. The number of H-pyrrole nitrogens is 1. The van der Waals surface area contributed by atoms with Gasteiger partial charge in [-0.1, -0.05) is 121 Å². The van der Waals surface area contributed by atoms with Crippen molar-refractivity contribution in [2.75, 3.05) is 38.0 Å². The van der Waals surface area contributed by atoms with E-state index in [4.69, 9.17) is 20.1 Å². The Kier molecular flexibility index (Phi) is 9.24. The molecule has 0 radical (unpaired) electrons. The van der Waals surface area contributed by atoms with E-state index >= 15 is 0 Å². The smallest absolute Gasteiger partial charge is 0.256 e. The minimum Gasteiger partial charge on any atom is -0.378 e. The van der Waals surface area contributed by atoms with Gasteiger partial charge < -0.3 is 9.80 Å². The fourth-order valence-electron chi connectivity index (χ4n) is 7.21. The number of benzene rings is 6. The van der Waals surface area contributed by atoms with E-state index in [9.17, 15) is 0 Å². The third kappa shape index (κ3) is 6.65. The summed E-state index contributed by atoms with van der Waals surface area (Å²) in [5.74, 6) is 2.43. The molecule has 9 rings (SSSR count). The molecule has 9 heteroatoms. The lowest BCUT2D eigenvalue weighted by molar-refractivity contribution is 0.936. The molecule has 1 N–H and O–H groups in total. The van der Waals surface area contributed by atoms with Crippen LogP contribution < -0.4 is 9.80 Å². The topological polar surface area (TPSA) is 83.7 Å². The third-order valence-corrected chi connectivity index (χ3v) is 10.1. The van der Waals surface area contributed by atoms with Gasteiger partial charge in [0, 0.05) is 72.9 Å². The molecule has 9 nitrogen and oxygen atoms in total. The lowest BCUT2D eigenvalue weighted by atomic mass is 10.0. The molecular weight excluding hydrogens is 703 g/mol. The first kappa shape index (κ1) is 35.2. The highest BCUT2D eigenvalue weighted by atomic mass is 15.4. The fourth-order valence-corrected chi connectivity index (χ4v) is 7.21. The van der Waals surface area contributed by atoms with Crippen LogP contribution in [-0.4, -0.2) is 62.5 Å². The molecule has 0 amide bonds. The van der Waals surface area contributed by atoms with Gasteiger partial charge in [-0.15, -0.1) is 5.10 Å². The van der Waals surface area contributed by atoms with Crippen LogP contribution in [0.4, 0.5) is 11.4 Å². The van der Waals surface area contributed by atoms with Crippen LogP contribution in [0.25, 0.3) is 79.7 Å². The SMILES string of the molecule is CN(C)c1ccc(-c2nc(-c3ccccc3)c(-c3ccccc3)n2-c2n[nH]c(-n3c(-c4ccc(N(C)C)cc4)nc(-c4ccccc4)c3-c3ccccc3)n2)cc1. The zero-order chi connectivity index (χ0) is 38.9. The fraction of sp³-hybridized carbons (Fsp3) is 0.0833. The van der Waals surface area contributed by atoms with E-state index < -0.39 is 0 Å². The minimum absolute atomic E-state index is 0.452. The van der Waals surface area contributed by atoms with Gasteiger partial charge in [-0.3, -0.25) is 9.13 Å². The largest absolute Gasteiger partial charge is 0.378 e. The molecule has 0 fully saturated rings. The summed E-state index contributed by atoms with van der Waals surface area (Å²) in [5, 5.41) is 8.36. The molecule has 0 saturated carbocycles. The first-order chi connectivity index (χ1) is 27.9. The predicted octanol–water partition coefficient (Wildman–Crippen LogP) is 10.3. The van der Waals surface area contributed by atoms with Crippen molar-refractivity contribution >= 4 is 11.4 Å².